The zero-order valence-electron chi connectivity index (χ0n) is 20.4. The average Bonchev–Trinajstić information content (AvgIpc) is 3.39. The van der Waals surface area contributed by atoms with Crippen molar-refractivity contribution in [1.82, 2.24) is 19.4 Å². The molecule has 0 atom stereocenters. The molecule has 2 aromatic carbocycles. The maximum absolute atomic E-state index is 15.0. The van der Waals surface area contributed by atoms with E-state index < -0.39 is 0 Å². The monoisotopic (exact) mass is 537 g/mol. The van der Waals surface area contributed by atoms with Gasteiger partial charge in [-0.1, -0.05) is 36.2 Å². The van der Waals surface area contributed by atoms with E-state index in [4.69, 9.17) is 28.2 Å². The van der Waals surface area contributed by atoms with Crippen LogP contribution in [-0.4, -0.2) is 58.7 Å². The first-order chi connectivity index (χ1) is 18.0. The number of nitrogens with one attached hydrogen (secondary N) is 1. The first-order valence-electron chi connectivity index (χ1n) is 12.4. The Morgan fingerprint density at radius 2 is 1.84 bits per heavy atom. The van der Waals surface area contributed by atoms with Crippen LogP contribution in [0.4, 0.5) is 21.6 Å². The van der Waals surface area contributed by atoms with E-state index >= 15 is 4.39 Å². The summed E-state index contributed by atoms with van der Waals surface area (Å²) in [6.07, 6.45) is 1.75. The normalized spacial score (nSPS) is 16.3. The predicted molar refractivity (Wildman–Crippen MR) is 147 cm³/mol. The fourth-order valence-electron chi connectivity index (χ4n) is 5.07. The molecule has 0 bridgehead atoms. The first kappa shape index (κ1) is 24.2. The molecule has 10 heteroatoms. The van der Waals surface area contributed by atoms with Crippen LogP contribution in [0.15, 0.2) is 53.7 Å². The average molecular weight is 538 g/mol. The quantitative estimate of drug-likeness (QED) is 0.383. The van der Waals surface area contributed by atoms with Gasteiger partial charge in [-0.3, -0.25) is 0 Å². The van der Waals surface area contributed by atoms with E-state index in [-0.39, 0.29) is 11.4 Å². The number of halogens is 3. The molecule has 0 saturated carbocycles. The molecule has 4 heterocycles. The third-order valence-electron chi connectivity index (χ3n) is 7.03. The van der Waals surface area contributed by atoms with Gasteiger partial charge in [-0.05, 0) is 36.9 Å². The predicted octanol–water partition coefficient (Wildman–Crippen LogP) is 5.30. The molecule has 7 nitrogen and oxygen atoms in total. The Morgan fingerprint density at radius 3 is 2.59 bits per heavy atom. The Labute approximate surface area is 224 Å². The second-order valence-corrected chi connectivity index (χ2v) is 10.1. The molecule has 0 amide bonds. The van der Waals surface area contributed by atoms with Gasteiger partial charge in [0.25, 0.3) is 5.62 Å². The van der Waals surface area contributed by atoms with Gasteiger partial charge in [0.2, 0.25) is 0 Å². The summed E-state index contributed by atoms with van der Waals surface area (Å²) in [5.74, 6) is 1.41. The van der Waals surface area contributed by atoms with E-state index in [2.05, 4.69) is 36.6 Å². The second-order valence-electron chi connectivity index (χ2n) is 9.23. The second kappa shape index (κ2) is 9.93. The number of likely N-dealkylation sites (N-methyl/N-ethyl adjacent to an activating group) is 1. The zero-order chi connectivity index (χ0) is 25.5. The lowest BCUT2D eigenvalue weighted by Crippen LogP contribution is -2.46. The minimum atomic E-state index is -0.282. The van der Waals surface area contributed by atoms with Gasteiger partial charge in [0, 0.05) is 73.2 Å². The molecule has 0 aliphatic carbocycles. The summed E-state index contributed by atoms with van der Waals surface area (Å²) in [6.45, 7) is 8.20. The molecular formula is C27H26Cl2FN7. The van der Waals surface area contributed by atoms with Crippen molar-refractivity contribution in [1.29, 1.82) is 0 Å². The van der Waals surface area contributed by atoms with Crippen LogP contribution in [0.2, 0.25) is 10.0 Å². The molecule has 6 rings (SSSR count). The van der Waals surface area contributed by atoms with Crippen molar-refractivity contribution >= 4 is 40.4 Å². The van der Waals surface area contributed by atoms with Gasteiger partial charge in [0.1, 0.15) is 17.5 Å². The minimum Gasteiger partial charge on any atom is -0.369 e. The van der Waals surface area contributed by atoms with Gasteiger partial charge in [0.15, 0.2) is 0 Å². The molecule has 4 aliphatic heterocycles. The SMILES string of the molecule is CCN1CCN(c2ccc(N=c3ncc4cc(-c5ccc(Cl)cc5Cl)c5n(c-4n3)CCN5)cc2F)CC1. The number of benzene rings is 2. The van der Waals surface area contributed by atoms with Crippen molar-refractivity contribution in [3.8, 4) is 22.5 Å². The molecule has 0 unspecified atom stereocenters. The highest BCUT2D eigenvalue weighted by atomic mass is 35.5. The molecule has 0 aromatic heterocycles. The topological polar surface area (TPSA) is 61.6 Å². The largest absolute Gasteiger partial charge is 0.369 e. The summed E-state index contributed by atoms with van der Waals surface area (Å²) in [5.41, 5.74) is 4.08. The van der Waals surface area contributed by atoms with Gasteiger partial charge in [-0.15, -0.1) is 0 Å². The highest BCUT2D eigenvalue weighted by molar-refractivity contribution is 6.36. The third-order valence-corrected chi connectivity index (χ3v) is 7.58. The van der Waals surface area contributed by atoms with Gasteiger partial charge in [0.05, 0.1) is 16.4 Å². The van der Waals surface area contributed by atoms with Crippen LogP contribution < -0.4 is 15.8 Å². The number of aromatic nitrogens is 3. The molecule has 1 saturated heterocycles. The number of anilines is 2. The van der Waals surface area contributed by atoms with Crippen LogP contribution in [-0.2, 0) is 6.54 Å². The summed E-state index contributed by atoms with van der Waals surface area (Å²) in [5, 5.41) is 4.61. The number of pyridine rings is 1. The van der Waals surface area contributed by atoms with Crippen LogP contribution in [0.5, 0.6) is 0 Å². The van der Waals surface area contributed by atoms with Crippen molar-refractivity contribution in [3.63, 3.8) is 0 Å². The number of hydrogen-bond acceptors (Lipinski definition) is 6. The van der Waals surface area contributed by atoms with E-state index in [1.165, 1.54) is 6.07 Å². The van der Waals surface area contributed by atoms with E-state index in [1.807, 2.05) is 24.3 Å². The van der Waals surface area contributed by atoms with Crippen molar-refractivity contribution in [3.05, 3.63) is 70.1 Å². The molecule has 0 radical (unpaired) electrons. The molecule has 0 spiro atoms. The van der Waals surface area contributed by atoms with Crippen LogP contribution in [0.25, 0.3) is 22.5 Å². The zero-order valence-corrected chi connectivity index (χ0v) is 21.9. The smallest absolute Gasteiger partial charge is 0.251 e. The van der Waals surface area contributed by atoms with Crippen LogP contribution in [0.1, 0.15) is 6.92 Å². The maximum Gasteiger partial charge on any atom is 0.251 e. The van der Waals surface area contributed by atoms with Gasteiger partial charge in [-0.2, -0.15) is 4.98 Å². The summed E-state index contributed by atoms with van der Waals surface area (Å²) < 4.78 is 17.1. The number of hydrogen-bond donors (Lipinski definition) is 1. The fourth-order valence-corrected chi connectivity index (χ4v) is 5.58. The summed E-state index contributed by atoms with van der Waals surface area (Å²) in [4.78, 5) is 18.2. The molecule has 4 aliphatic rings. The molecule has 2 aromatic rings. The Hall–Kier alpha value is -3.20. The maximum atomic E-state index is 15.0. The lowest BCUT2D eigenvalue weighted by Gasteiger charge is -2.35. The first-order valence-corrected chi connectivity index (χ1v) is 13.2. The van der Waals surface area contributed by atoms with E-state index in [1.54, 1.807) is 18.3 Å². The Kier molecular flexibility index (Phi) is 6.48. The Balaban J connectivity index is 1.35. The summed E-state index contributed by atoms with van der Waals surface area (Å²) in [7, 11) is 0. The van der Waals surface area contributed by atoms with Gasteiger partial charge in [-0.25, -0.2) is 14.4 Å². The molecule has 1 fully saturated rings. The standard InChI is InChI=1S/C27H26Cl2FN7/c1-2-35-9-11-36(12-10-35)24-6-4-19(15-23(24)30)33-27-32-16-17-13-21(20-5-3-18(28)14-22(20)29)26-31-7-8-37(26)25(17)34-27/h3-6,13-16,31H,2,7-12H2,1H3. The van der Waals surface area contributed by atoms with Crippen LogP contribution in [0.3, 0.4) is 0 Å². The Bertz CT molecular complexity index is 1510. The van der Waals surface area contributed by atoms with Crippen molar-refractivity contribution in [2.45, 2.75) is 13.5 Å². The van der Waals surface area contributed by atoms with Crippen molar-refractivity contribution < 1.29 is 4.39 Å². The lowest BCUT2D eigenvalue weighted by molar-refractivity contribution is 0.270. The van der Waals surface area contributed by atoms with Crippen molar-refractivity contribution in [2.24, 2.45) is 4.99 Å². The molecular weight excluding hydrogens is 512 g/mol. The number of nitrogens with zero attached hydrogens (tertiary/aromatic N) is 6. The fraction of sp³-hybridized carbons (Fsp3) is 0.296. The molecule has 1 N–H and O–H groups in total. The number of piperazine rings is 1. The van der Waals surface area contributed by atoms with E-state index in [0.717, 1.165) is 74.1 Å². The van der Waals surface area contributed by atoms with E-state index in [0.29, 0.717) is 21.4 Å². The lowest BCUT2D eigenvalue weighted by atomic mass is 10.0. The summed E-state index contributed by atoms with van der Waals surface area (Å²) >= 11 is 12.6. The Morgan fingerprint density at radius 1 is 1.00 bits per heavy atom. The molecule has 37 heavy (non-hydrogen) atoms. The number of fused-ring (bicyclic) bond motifs is 3. The molecule has 190 valence electrons. The minimum absolute atomic E-state index is 0.282. The van der Waals surface area contributed by atoms with Gasteiger partial charge >= 0.3 is 0 Å². The van der Waals surface area contributed by atoms with Gasteiger partial charge < -0.3 is 19.7 Å². The van der Waals surface area contributed by atoms with Crippen molar-refractivity contribution in [2.75, 3.05) is 49.5 Å². The highest BCUT2D eigenvalue weighted by Crippen LogP contribution is 2.40. The number of rotatable bonds is 4. The highest BCUT2D eigenvalue weighted by Gasteiger charge is 2.23. The van der Waals surface area contributed by atoms with Crippen LogP contribution in [0, 0.1) is 5.82 Å². The van der Waals surface area contributed by atoms with E-state index in [9.17, 15) is 0 Å². The summed E-state index contributed by atoms with van der Waals surface area (Å²) in [6, 6.07) is 12.6. The van der Waals surface area contributed by atoms with Crippen LogP contribution >= 0.6 is 23.2 Å². The third kappa shape index (κ3) is 4.65.